The van der Waals surface area contributed by atoms with Crippen molar-refractivity contribution in [2.45, 2.75) is 72.1 Å². The minimum Gasteiger partial charge on any atom is -0.354 e. The number of nitrogens with one attached hydrogen (secondary N) is 2. The van der Waals surface area contributed by atoms with Crippen molar-refractivity contribution < 1.29 is 13.2 Å². The molecule has 22 heavy (non-hydrogen) atoms. The maximum Gasteiger partial charge on any atom is 0.225 e. The summed E-state index contributed by atoms with van der Waals surface area (Å²) < 4.78 is 24.4. The van der Waals surface area contributed by atoms with E-state index in [0.29, 0.717) is 6.54 Å². The van der Waals surface area contributed by atoms with Gasteiger partial charge in [0.2, 0.25) is 15.9 Å². The second-order valence-corrected chi connectivity index (χ2v) is 8.23. The number of unbranched alkanes of at least 4 members (excludes halogenated alkanes) is 4. The molecule has 0 aliphatic carbocycles. The van der Waals surface area contributed by atoms with Gasteiger partial charge in [-0.25, -0.2) is 13.1 Å². The Morgan fingerprint density at radius 2 is 1.55 bits per heavy atom. The summed E-state index contributed by atoms with van der Waals surface area (Å²) in [6.07, 6.45) is 9.67. The van der Waals surface area contributed by atoms with Gasteiger partial charge in [0.15, 0.2) is 0 Å². The number of hydrogen-bond acceptors (Lipinski definition) is 3. The molecule has 5 nitrogen and oxygen atoms in total. The molecule has 0 heterocycles. The van der Waals surface area contributed by atoms with Crippen molar-refractivity contribution in [3.63, 3.8) is 0 Å². The van der Waals surface area contributed by atoms with E-state index in [0.717, 1.165) is 38.4 Å². The molecule has 1 amide bonds. The second kappa shape index (κ2) is 11.0. The van der Waals surface area contributed by atoms with Crippen molar-refractivity contribution in [3.8, 4) is 0 Å². The van der Waals surface area contributed by atoms with Gasteiger partial charge in [0, 0.05) is 18.5 Å². The van der Waals surface area contributed by atoms with Crippen molar-refractivity contribution in [1.29, 1.82) is 0 Å². The van der Waals surface area contributed by atoms with Gasteiger partial charge in [-0.1, -0.05) is 59.3 Å². The predicted octanol–water partition coefficient (Wildman–Crippen LogP) is 2.82. The standard InChI is InChI=1S/C16H34N2O3S/c1-5-7-9-10-12-16(3,11-8-6-2)15(19)17-13-14-18-22(4,20)21/h18H,5-14H2,1-4H3,(H,17,19). The summed E-state index contributed by atoms with van der Waals surface area (Å²) >= 11 is 0. The van der Waals surface area contributed by atoms with Gasteiger partial charge in [-0.3, -0.25) is 4.79 Å². The molecule has 0 aromatic heterocycles. The summed E-state index contributed by atoms with van der Waals surface area (Å²) in [5, 5.41) is 2.88. The van der Waals surface area contributed by atoms with Gasteiger partial charge in [0.05, 0.1) is 6.26 Å². The smallest absolute Gasteiger partial charge is 0.225 e. The first-order valence-corrected chi connectivity index (χ1v) is 10.4. The molecule has 0 rings (SSSR count). The molecule has 0 aromatic rings. The number of rotatable bonds is 13. The number of carbonyl (C=O) groups is 1. The van der Waals surface area contributed by atoms with Crippen LogP contribution < -0.4 is 10.0 Å². The minimum atomic E-state index is -3.19. The van der Waals surface area contributed by atoms with Gasteiger partial charge in [-0.15, -0.1) is 0 Å². The van der Waals surface area contributed by atoms with Crippen LogP contribution in [0.1, 0.15) is 72.1 Å². The van der Waals surface area contributed by atoms with Gasteiger partial charge in [0.25, 0.3) is 0 Å². The summed E-state index contributed by atoms with van der Waals surface area (Å²) in [6, 6.07) is 0. The minimum absolute atomic E-state index is 0.0488. The number of sulfonamides is 1. The van der Waals surface area contributed by atoms with Crippen LogP contribution in [-0.2, 0) is 14.8 Å². The first kappa shape index (κ1) is 21.4. The van der Waals surface area contributed by atoms with Crippen LogP contribution >= 0.6 is 0 Å². The van der Waals surface area contributed by atoms with Crippen LogP contribution in [0.25, 0.3) is 0 Å². The van der Waals surface area contributed by atoms with E-state index in [1.807, 2.05) is 6.92 Å². The van der Waals surface area contributed by atoms with Crippen molar-refractivity contribution in [2.75, 3.05) is 19.3 Å². The molecule has 0 radical (unpaired) electrons. The first-order valence-electron chi connectivity index (χ1n) is 8.48. The van der Waals surface area contributed by atoms with E-state index >= 15 is 0 Å². The highest BCUT2D eigenvalue weighted by atomic mass is 32.2. The molecule has 0 aliphatic rings. The molecular weight excluding hydrogens is 300 g/mol. The fraction of sp³-hybridized carbons (Fsp3) is 0.938. The lowest BCUT2D eigenvalue weighted by Gasteiger charge is -2.28. The SMILES string of the molecule is CCCCCCC(C)(CCCC)C(=O)NCCNS(C)(=O)=O. The van der Waals surface area contributed by atoms with Crippen LogP contribution in [0.5, 0.6) is 0 Å². The summed E-state index contributed by atoms with van der Waals surface area (Å²) in [7, 11) is -3.19. The van der Waals surface area contributed by atoms with Crippen molar-refractivity contribution in [3.05, 3.63) is 0 Å². The molecule has 6 heteroatoms. The summed E-state index contributed by atoms with van der Waals surface area (Å²) in [5.74, 6) is 0.0488. The van der Waals surface area contributed by atoms with E-state index in [9.17, 15) is 13.2 Å². The third-order valence-electron chi connectivity index (χ3n) is 3.99. The van der Waals surface area contributed by atoms with E-state index in [1.54, 1.807) is 0 Å². The number of carbonyl (C=O) groups excluding carboxylic acids is 1. The Kier molecular flexibility index (Phi) is 10.7. The maximum absolute atomic E-state index is 12.5. The second-order valence-electron chi connectivity index (χ2n) is 6.40. The van der Waals surface area contributed by atoms with Crippen LogP contribution in [0.15, 0.2) is 0 Å². The fourth-order valence-electron chi connectivity index (χ4n) is 2.49. The van der Waals surface area contributed by atoms with Crippen LogP contribution in [-0.4, -0.2) is 33.7 Å². The topological polar surface area (TPSA) is 75.3 Å². The highest BCUT2D eigenvalue weighted by molar-refractivity contribution is 7.88. The van der Waals surface area contributed by atoms with E-state index in [-0.39, 0.29) is 17.9 Å². The van der Waals surface area contributed by atoms with E-state index in [2.05, 4.69) is 23.9 Å². The summed E-state index contributed by atoms with van der Waals surface area (Å²) in [6.45, 7) is 6.92. The molecule has 0 aromatic carbocycles. The van der Waals surface area contributed by atoms with E-state index in [1.165, 1.54) is 19.3 Å². The van der Waals surface area contributed by atoms with Crippen LogP contribution in [0, 0.1) is 5.41 Å². The van der Waals surface area contributed by atoms with Crippen LogP contribution in [0.4, 0.5) is 0 Å². The Hall–Kier alpha value is -0.620. The van der Waals surface area contributed by atoms with Gasteiger partial charge in [0.1, 0.15) is 0 Å². The Labute approximate surface area is 136 Å². The molecule has 0 saturated heterocycles. The quantitative estimate of drug-likeness (QED) is 0.509. The molecule has 0 fully saturated rings. The van der Waals surface area contributed by atoms with Crippen molar-refractivity contribution >= 4 is 15.9 Å². The lowest BCUT2D eigenvalue weighted by molar-refractivity contribution is -0.131. The van der Waals surface area contributed by atoms with Crippen LogP contribution in [0.3, 0.4) is 0 Å². The summed E-state index contributed by atoms with van der Waals surface area (Å²) in [4.78, 5) is 12.5. The zero-order valence-electron chi connectivity index (χ0n) is 14.7. The molecule has 0 aliphatic heterocycles. The molecular formula is C16H34N2O3S. The first-order chi connectivity index (χ1) is 10.2. The zero-order valence-corrected chi connectivity index (χ0v) is 15.5. The third-order valence-corrected chi connectivity index (χ3v) is 4.72. The van der Waals surface area contributed by atoms with E-state index in [4.69, 9.17) is 0 Å². The highest BCUT2D eigenvalue weighted by Gasteiger charge is 2.31. The number of amides is 1. The molecule has 2 N–H and O–H groups in total. The van der Waals surface area contributed by atoms with Crippen LogP contribution in [0.2, 0.25) is 0 Å². The third kappa shape index (κ3) is 10.2. The molecule has 0 saturated carbocycles. The van der Waals surface area contributed by atoms with Crippen molar-refractivity contribution in [1.82, 2.24) is 10.0 Å². The molecule has 132 valence electrons. The van der Waals surface area contributed by atoms with Gasteiger partial charge < -0.3 is 5.32 Å². The summed E-state index contributed by atoms with van der Waals surface area (Å²) in [5.41, 5.74) is -0.338. The monoisotopic (exact) mass is 334 g/mol. The lowest BCUT2D eigenvalue weighted by atomic mass is 9.79. The van der Waals surface area contributed by atoms with Gasteiger partial charge >= 0.3 is 0 Å². The molecule has 1 atom stereocenters. The normalized spacial score (nSPS) is 14.5. The zero-order chi connectivity index (χ0) is 17.1. The Morgan fingerprint density at radius 1 is 0.955 bits per heavy atom. The van der Waals surface area contributed by atoms with Gasteiger partial charge in [-0.05, 0) is 12.8 Å². The fourth-order valence-corrected chi connectivity index (χ4v) is 2.96. The molecule has 0 spiro atoms. The lowest BCUT2D eigenvalue weighted by Crippen LogP contribution is -2.42. The Bertz CT molecular complexity index is 410. The highest BCUT2D eigenvalue weighted by Crippen LogP contribution is 2.31. The Morgan fingerprint density at radius 3 is 2.09 bits per heavy atom. The molecule has 0 bridgehead atoms. The maximum atomic E-state index is 12.5. The van der Waals surface area contributed by atoms with E-state index < -0.39 is 10.0 Å². The Balaban J connectivity index is 4.35. The predicted molar refractivity (Wildman–Crippen MR) is 92.2 cm³/mol. The largest absolute Gasteiger partial charge is 0.354 e. The average Bonchev–Trinajstić information content (AvgIpc) is 2.44. The number of hydrogen-bond donors (Lipinski definition) is 2. The average molecular weight is 335 g/mol. The van der Waals surface area contributed by atoms with Gasteiger partial charge in [-0.2, -0.15) is 0 Å². The van der Waals surface area contributed by atoms with Crippen molar-refractivity contribution in [2.24, 2.45) is 5.41 Å². The molecule has 1 unspecified atom stereocenters.